The molecule has 1 aromatic heterocycles. The van der Waals surface area contributed by atoms with Crippen LogP contribution in [0.4, 0.5) is 0 Å². The summed E-state index contributed by atoms with van der Waals surface area (Å²) in [6, 6.07) is 3.61. The van der Waals surface area contributed by atoms with Crippen molar-refractivity contribution < 1.29 is 42.6 Å². The van der Waals surface area contributed by atoms with Gasteiger partial charge in [-0.1, -0.05) is 6.07 Å². The van der Waals surface area contributed by atoms with Gasteiger partial charge in [0.15, 0.2) is 12.4 Å². The van der Waals surface area contributed by atoms with Gasteiger partial charge in [-0.05, 0) is 0 Å². The van der Waals surface area contributed by atoms with Crippen LogP contribution in [0.15, 0.2) is 24.5 Å². The number of nitrogens with zero attached hydrogens (tertiary/aromatic N) is 1. The molecule has 2 rings (SSSR count). The van der Waals surface area contributed by atoms with Crippen molar-refractivity contribution in [2.75, 3.05) is 20.8 Å². The monoisotopic (exact) mass is 348 g/mol. The normalized spacial score (nSPS) is 24.8. The number of phosphoric acid groups is 1. The molecule has 3 atom stereocenters. The summed E-state index contributed by atoms with van der Waals surface area (Å²) in [7, 11) is -2.07. The van der Waals surface area contributed by atoms with Crippen LogP contribution >= 0.6 is 7.82 Å². The number of pyridine rings is 1. The zero-order chi connectivity index (χ0) is 17.0. The Morgan fingerprint density at radius 1 is 1.43 bits per heavy atom. The van der Waals surface area contributed by atoms with Crippen molar-refractivity contribution in [2.24, 2.45) is 0 Å². The number of hydrogen-bond donors (Lipinski definition) is 3. The fourth-order valence-electron chi connectivity index (χ4n) is 2.42. The molecule has 23 heavy (non-hydrogen) atoms. The van der Waals surface area contributed by atoms with E-state index in [1.165, 1.54) is 14.2 Å². The molecule has 1 saturated heterocycles. The Labute approximate surface area is 134 Å². The molecule has 0 saturated carbocycles. The molecule has 1 aliphatic heterocycles. The first-order valence-corrected chi connectivity index (χ1v) is 8.47. The van der Waals surface area contributed by atoms with Crippen LogP contribution in [0, 0.1) is 0 Å². The third-order valence-corrected chi connectivity index (χ3v) is 3.97. The van der Waals surface area contributed by atoms with Crippen molar-refractivity contribution >= 4 is 20.4 Å². The van der Waals surface area contributed by atoms with E-state index in [9.17, 15) is 9.67 Å². The van der Waals surface area contributed by atoms with E-state index in [4.69, 9.17) is 23.8 Å². The molecular formula is C12H20BNO8P+. The van der Waals surface area contributed by atoms with E-state index in [-0.39, 0.29) is 13.0 Å². The zero-order valence-electron chi connectivity index (χ0n) is 12.8. The van der Waals surface area contributed by atoms with Crippen molar-refractivity contribution in [3.05, 3.63) is 24.5 Å². The summed E-state index contributed by atoms with van der Waals surface area (Å²) in [4.78, 5) is 17.4. The molecule has 3 unspecified atom stereocenters. The molecule has 1 fully saturated rings. The quantitative estimate of drug-likeness (QED) is 0.317. The Kier molecular flexibility index (Phi) is 6.29. The molecule has 0 aromatic carbocycles. The highest BCUT2D eigenvalue weighted by atomic mass is 31.2. The van der Waals surface area contributed by atoms with Gasteiger partial charge >= 0.3 is 14.9 Å². The Balaban J connectivity index is 2.05. The maximum Gasteiger partial charge on any atom is 0.499 e. The van der Waals surface area contributed by atoms with E-state index >= 15 is 0 Å². The van der Waals surface area contributed by atoms with Gasteiger partial charge in [0, 0.05) is 25.7 Å². The van der Waals surface area contributed by atoms with Crippen LogP contribution in [0.3, 0.4) is 0 Å². The third-order valence-electron chi connectivity index (χ3n) is 3.49. The molecule has 0 spiro atoms. The van der Waals surface area contributed by atoms with Crippen LogP contribution in [-0.4, -0.2) is 55.0 Å². The van der Waals surface area contributed by atoms with Gasteiger partial charge in [0.2, 0.25) is 0 Å². The zero-order valence-corrected chi connectivity index (χ0v) is 13.7. The molecule has 3 N–H and O–H groups in total. The lowest BCUT2D eigenvalue weighted by Gasteiger charge is -2.14. The predicted octanol–water partition coefficient (Wildman–Crippen LogP) is -1.28. The van der Waals surface area contributed by atoms with E-state index < -0.39 is 33.4 Å². The minimum absolute atomic E-state index is 0.272. The molecule has 1 aromatic rings. The molecule has 0 bridgehead atoms. The number of aliphatic hydroxyl groups is 1. The lowest BCUT2D eigenvalue weighted by atomic mass is 9.80. The number of ether oxygens (including phenoxy) is 1. The van der Waals surface area contributed by atoms with E-state index in [1.807, 2.05) is 6.07 Å². The smallest absolute Gasteiger partial charge is 0.410 e. The van der Waals surface area contributed by atoms with Gasteiger partial charge in [-0.2, -0.15) is 4.57 Å². The van der Waals surface area contributed by atoms with E-state index in [0.717, 1.165) is 5.46 Å². The minimum Gasteiger partial charge on any atom is -0.410 e. The van der Waals surface area contributed by atoms with Gasteiger partial charge in [-0.15, -0.1) is 0 Å². The summed E-state index contributed by atoms with van der Waals surface area (Å²) in [5, 5.41) is 9.97. The van der Waals surface area contributed by atoms with Crippen LogP contribution in [0.2, 0.25) is 0 Å². The number of rotatable bonds is 7. The third kappa shape index (κ3) is 5.07. The second-order valence-corrected chi connectivity index (χ2v) is 6.35. The van der Waals surface area contributed by atoms with Crippen molar-refractivity contribution in [1.29, 1.82) is 0 Å². The summed E-state index contributed by atoms with van der Waals surface area (Å²) in [5.74, 6) is 0. The average Bonchev–Trinajstić information content (AvgIpc) is 2.87. The summed E-state index contributed by atoms with van der Waals surface area (Å²) in [6.45, 7) is -0.388. The van der Waals surface area contributed by atoms with Crippen molar-refractivity contribution in [3.8, 4) is 0 Å². The lowest BCUT2D eigenvalue weighted by Crippen LogP contribution is -2.46. The van der Waals surface area contributed by atoms with Crippen LogP contribution in [0.5, 0.6) is 0 Å². The van der Waals surface area contributed by atoms with E-state index in [0.29, 0.717) is 0 Å². The first kappa shape index (κ1) is 18.5. The summed E-state index contributed by atoms with van der Waals surface area (Å²) in [6.07, 6.45) is 1.61. The largest absolute Gasteiger partial charge is 0.499 e. The van der Waals surface area contributed by atoms with Gasteiger partial charge in [-0.25, -0.2) is 4.57 Å². The number of hydrogen-bond acceptors (Lipinski definition) is 6. The molecular weight excluding hydrogens is 328 g/mol. The Bertz CT molecular complexity index is 566. The summed E-state index contributed by atoms with van der Waals surface area (Å²) >= 11 is 0. The minimum atomic E-state index is -4.60. The Morgan fingerprint density at radius 2 is 2.13 bits per heavy atom. The van der Waals surface area contributed by atoms with Gasteiger partial charge in [0.1, 0.15) is 6.10 Å². The molecule has 11 heteroatoms. The Morgan fingerprint density at radius 3 is 2.74 bits per heavy atom. The molecule has 0 aliphatic carbocycles. The van der Waals surface area contributed by atoms with Crippen LogP contribution in [-0.2, 0) is 23.1 Å². The SMILES string of the molecule is COB(OC)c1ccc[n+](C2CC(O)C(COP(=O)(O)O)O2)c1. The molecule has 2 heterocycles. The summed E-state index contributed by atoms with van der Waals surface area (Å²) < 4.78 is 32.9. The molecule has 0 amide bonds. The van der Waals surface area contributed by atoms with Crippen LogP contribution in [0.25, 0.3) is 0 Å². The number of aromatic nitrogens is 1. The number of phosphoric ester groups is 1. The topological polar surface area (TPSA) is 119 Å². The second-order valence-electron chi connectivity index (χ2n) is 5.11. The first-order chi connectivity index (χ1) is 10.8. The highest BCUT2D eigenvalue weighted by Gasteiger charge is 2.40. The highest BCUT2D eigenvalue weighted by Crippen LogP contribution is 2.37. The van der Waals surface area contributed by atoms with Gasteiger partial charge in [0.25, 0.3) is 6.23 Å². The van der Waals surface area contributed by atoms with Crippen LogP contribution < -0.4 is 10.0 Å². The van der Waals surface area contributed by atoms with Crippen molar-refractivity contribution in [1.82, 2.24) is 0 Å². The molecule has 9 nitrogen and oxygen atoms in total. The predicted molar refractivity (Wildman–Crippen MR) is 78.6 cm³/mol. The van der Waals surface area contributed by atoms with Gasteiger partial charge < -0.3 is 28.9 Å². The van der Waals surface area contributed by atoms with Gasteiger partial charge in [0.05, 0.1) is 19.1 Å². The number of aliphatic hydroxyl groups excluding tert-OH is 1. The molecule has 1 aliphatic rings. The van der Waals surface area contributed by atoms with E-state index in [2.05, 4.69) is 4.52 Å². The highest BCUT2D eigenvalue weighted by molar-refractivity contribution is 7.46. The van der Waals surface area contributed by atoms with Crippen molar-refractivity contribution in [3.63, 3.8) is 0 Å². The molecule has 0 radical (unpaired) electrons. The Hall–Kier alpha value is -0.835. The fourth-order valence-corrected chi connectivity index (χ4v) is 2.76. The average molecular weight is 348 g/mol. The lowest BCUT2D eigenvalue weighted by molar-refractivity contribution is -0.758. The van der Waals surface area contributed by atoms with Gasteiger partial charge in [-0.3, -0.25) is 4.52 Å². The second kappa shape index (κ2) is 7.82. The van der Waals surface area contributed by atoms with E-state index in [1.54, 1.807) is 23.0 Å². The fraction of sp³-hybridized carbons (Fsp3) is 0.583. The van der Waals surface area contributed by atoms with Crippen LogP contribution in [0.1, 0.15) is 12.6 Å². The molecule has 128 valence electrons. The summed E-state index contributed by atoms with van der Waals surface area (Å²) in [5.41, 5.74) is 0.769. The maximum absolute atomic E-state index is 10.7. The standard InChI is InChI=1S/C12H19BNO8P/c1-19-13(20-2)9-4-3-5-14(7-9)12-6-10(15)11(22-12)8-21-23(16,17)18/h3-5,7,10-12,15H,6,8H2,1-2H3,(H-,16,17,18)/p+1. The van der Waals surface area contributed by atoms with Crippen molar-refractivity contribution in [2.45, 2.75) is 24.9 Å². The first-order valence-electron chi connectivity index (χ1n) is 6.94. The maximum atomic E-state index is 10.7.